The Kier molecular flexibility index (Phi) is 21.6. The van der Waals surface area contributed by atoms with E-state index in [1.165, 1.54) is 27.0 Å². The third-order valence-corrected chi connectivity index (χ3v) is 4.79. The van der Waals surface area contributed by atoms with Crippen LogP contribution in [0.15, 0.2) is 86.9 Å². The molecule has 0 aliphatic rings. The molecule has 0 bridgehead atoms. The van der Waals surface area contributed by atoms with Crippen molar-refractivity contribution in [1.29, 1.82) is 0 Å². The number of aromatic nitrogens is 4. The molecule has 0 fully saturated rings. The fourth-order valence-electron chi connectivity index (χ4n) is 2.48. The number of carbonyl (C=O) groups is 6. The fourth-order valence-corrected chi connectivity index (χ4v) is 2.48. The van der Waals surface area contributed by atoms with Crippen molar-refractivity contribution in [2.75, 3.05) is 31.9 Å². The van der Waals surface area contributed by atoms with E-state index in [1.807, 2.05) is 0 Å². The molecule has 0 aliphatic heterocycles. The second-order valence-corrected chi connectivity index (χ2v) is 11.4. The molecule has 2 rings (SSSR count). The highest BCUT2D eigenvalue weighted by Crippen LogP contribution is 2.27. The summed E-state index contributed by atoms with van der Waals surface area (Å²) in [5.41, 5.74) is 0.909. The third kappa shape index (κ3) is 24.9. The molecule has 0 aromatic carbocycles. The van der Waals surface area contributed by atoms with Crippen molar-refractivity contribution < 1.29 is 63.8 Å². The highest BCUT2D eigenvalue weighted by Gasteiger charge is 2.19. The Bertz CT molecular complexity index is 2010. The van der Waals surface area contributed by atoms with Gasteiger partial charge in [-0.25, -0.2) is 15.0 Å². The van der Waals surface area contributed by atoms with Gasteiger partial charge in [-0.3, -0.25) is 52.3 Å². The van der Waals surface area contributed by atoms with E-state index in [2.05, 4.69) is 91.3 Å². The Hall–Kier alpha value is -6.84. The highest BCUT2D eigenvalue weighted by atomic mass is 32.3. The zero-order valence-corrected chi connectivity index (χ0v) is 30.7. The number of nitrogens with zero attached hydrogens (tertiary/aromatic N) is 4. The van der Waals surface area contributed by atoms with Gasteiger partial charge in [0.25, 0.3) is 17.7 Å². The second kappa shape index (κ2) is 23.7. The summed E-state index contributed by atoms with van der Waals surface area (Å²) >= 11 is 0. The smallest absolute Gasteiger partial charge is 0.318 e. The molecule has 0 spiro atoms. The van der Waals surface area contributed by atoms with Gasteiger partial charge in [0.2, 0.25) is 23.7 Å². The van der Waals surface area contributed by atoms with Gasteiger partial charge >= 0.3 is 20.8 Å². The van der Waals surface area contributed by atoms with E-state index in [1.54, 1.807) is 0 Å². The molecule has 0 radical (unpaired) electrons. The van der Waals surface area contributed by atoms with Gasteiger partial charge in [0.05, 0.1) is 6.20 Å². The molecule has 0 aliphatic carbocycles. The monoisotopic (exact) mass is 812 g/mol. The maximum Gasteiger partial charge on any atom is 0.394 e. The zero-order valence-electron chi connectivity index (χ0n) is 29.1. The first-order chi connectivity index (χ1) is 25.1. The fraction of sp³-hybridized carbons (Fsp3) is 0.103. The number of anilines is 6. The van der Waals surface area contributed by atoms with Crippen LogP contribution in [0, 0.1) is 0 Å². The van der Waals surface area contributed by atoms with E-state index in [0.29, 0.717) is 0 Å². The van der Waals surface area contributed by atoms with Crippen LogP contribution in [0.5, 0.6) is 0 Å². The molecule has 0 saturated heterocycles. The number of nitrogens with one attached hydrogen (secondary N) is 6. The molecule has 0 unspecified atom stereocenters. The minimum absolute atomic E-state index is 0.00413. The Balaban J connectivity index is 0. The van der Waals surface area contributed by atoms with Crippen LogP contribution in [-0.4, -0.2) is 90.4 Å². The van der Waals surface area contributed by atoms with Gasteiger partial charge in [0.15, 0.2) is 17.5 Å². The summed E-state index contributed by atoms with van der Waals surface area (Å²) in [6.07, 6.45) is 5.48. The van der Waals surface area contributed by atoms with Gasteiger partial charge in [-0.05, 0) is 39.0 Å². The Labute approximate surface area is 313 Å². The van der Waals surface area contributed by atoms with Gasteiger partial charge in [-0.2, -0.15) is 21.8 Å². The van der Waals surface area contributed by atoms with Crippen LogP contribution < -0.4 is 31.9 Å². The molecule has 6 amide bonds. The lowest BCUT2D eigenvalue weighted by Crippen LogP contribution is -2.21. The molecule has 298 valence electrons. The lowest BCUT2D eigenvalue weighted by molar-refractivity contribution is -0.113. The topological polar surface area (TPSA) is 375 Å². The van der Waals surface area contributed by atoms with Gasteiger partial charge in [0.1, 0.15) is 17.7 Å². The maximum absolute atomic E-state index is 11.9. The first-order valence-electron chi connectivity index (χ1n) is 14.0. The molecule has 2 aromatic heterocycles. The predicted molar refractivity (Wildman–Crippen MR) is 199 cm³/mol. The van der Waals surface area contributed by atoms with E-state index < -0.39 is 56.2 Å². The maximum atomic E-state index is 11.9. The van der Waals surface area contributed by atoms with Crippen LogP contribution >= 0.6 is 0 Å². The standard InChI is InChI=1S/C16H19N5O3.C13H13N5O3.2H2O4S/c1-8(2)14(22)19-11-12(20-15(23)9(3)4)17-7-18-13(11)21-16(24)10(5)6;1-4-9(19)15-8-7-14-13(17-11(21)6-3)18-12(8)16-10(20)5-2;2*1-5(2,3)4/h7H,1,3,5H2,2,4,6H3,(H,19,22)(H2,17,18,20,21,23,24);4-7H,1-3H2,(H,15,19)(H2,14,16,17,18,20,21);2*(H2,1,2,3,4). The van der Waals surface area contributed by atoms with Crippen LogP contribution in [0.4, 0.5) is 34.8 Å². The molecule has 0 atom stereocenters. The number of hydrogen-bond acceptors (Lipinski definition) is 14. The van der Waals surface area contributed by atoms with Crippen LogP contribution in [0.2, 0.25) is 0 Å². The third-order valence-electron chi connectivity index (χ3n) is 4.79. The van der Waals surface area contributed by atoms with Crippen molar-refractivity contribution in [1.82, 2.24) is 19.9 Å². The average Bonchev–Trinajstić information content (AvgIpc) is 3.05. The van der Waals surface area contributed by atoms with Crippen molar-refractivity contribution in [2.45, 2.75) is 20.8 Å². The summed E-state index contributed by atoms with van der Waals surface area (Å²) in [5.74, 6) is -3.07. The number of rotatable bonds is 12. The molecule has 24 nitrogen and oxygen atoms in total. The van der Waals surface area contributed by atoms with Gasteiger partial charge in [-0.1, -0.05) is 39.5 Å². The summed E-state index contributed by atoms with van der Waals surface area (Å²) < 4.78 is 63.2. The summed E-state index contributed by atoms with van der Waals surface area (Å²) in [4.78, 5) is 85.0. The van der Waals surface area contributed by atoms with Crippen molar-refractivity contribution in [3.63, 3.8) is 0 Å². The van der Waals surface area contributed by atoms with Crippen molar-refractivity contribution in [2.24, 2.45) is 0 Å². The minimum Gasteiger partial charge on any atom is -0.318 e. The molecular formula is C29H36N10O14S2. The Morgan fingerprint density at radius 3 is 1.27 bits per heavy atom. The summed E-state index contributed by atoms with van der Waals surface area (Å²) in [5, 5.41) is 14.6. The number of carbonyl (C=O) groups excluding carboxylic acids is 6. The normalized spacial score (nSPS) is 9.80. The highest BCUT2D eigenvalue weighted by molar-refractivity contribution is 7.80. The molecule has 2 heterocycles. The van der Waals surface area contributed by atoms with Crippen LogP contribution in [0.1, 0.15) is 20.8 Å². The van der Waals surface area contributed by atoms with E-state index in [9.17, 15) is 28.8 Å². The largest absolute Gasteiger partial charge is 0.394 e. The van der Waals surface area contributed by atoms with Gasteiger partial charge < -0.3 is 26.6 Å². The van der Waals surface area contributed by atoms with Crippen molar-refractivity contribution in [3.8, 4) is 0 Å². The predicted octanol–water partition coefficient (Wildman–Crippen LogP) is 1.56. The van der Waals surface area contributed by atoms with E-state index in [-0.39, 0.29) is 51.5 Å². The lowest BCUT2D eigenvalue weighted by atomic mass is 10.2. The van der Waals surface area contributed by atoms with Crippen LogP contribution in [0.3, 0.4) is 0 Å². The quantitative estimate of drug-likeness (QED) is 0.107. The van der Waals surface area contributed by atoms with Gasteiger partial charge in [0, 0.05) is 16.7 Å². The SMILES string of the molecule is C=C(C)C(=O)Nc1ncnc(NC(=O)C(=C)C)c1NC(=O)C(=C)C.C=CC(=O)Nc1ncc(NC(=O)C=C)c(NC(=O)C=C)n1.O=S(=O)(O)O.O=S(=O)(O)O. The molecule has 0 saturated carbocycles. The van der Waals surface area contributed by atoms with E-state index in [4.69, 9.17) is 35.0 Å². The van der Waals surface area contributed by atoms with E-state index >= 15 is 0 Å². The minimum atomic E-state index is -4.67. The first-order valence-corrected chi connectivity index (χ1v) is 16.7. The zero-order chi connectivity index (χ0) is 43.3. The molecule has 55 heavy (non-hydrogen) atoms. The molecule has 2 aromatic rings. The number of amides is 6. The van der Waals surface area contributed by atoms with Crippen LogP contribution in [0.25, 0.3) is 0 Å². The summed E-state index contributed by atoms with van der Waals surface area (Å²) in [6, 6.07) is 0. The van der Waals surface area contributed by atoms with E-state index in [0.717, 1.165) is 24.6 Å². The van der Waals surface area contributed by atoms with Gasteiger partial charge in [-0.15, -0.1) is 0 Å². The Morgan fingerprint density at radius 1 is 0.564 bits per heavy atom. The number of hydrogen-bond donors (Lipinski definition) is 10. The first kappa shape index (κ1) is 50.3. The molecular weight excluding hydrogens is 777 g/mol. The Morgan fingerprint density at radius 2 is 0.909 bits per heavy atom. The van der Waals surface area contributed by atoms with Crippen molar-refractivity contribution >= 4 is 91.0 Å². The summed E-state index contributed by atoms with van der Waals surface area (Å²) in [6.45, 7) is 25.0. The molecule has 26 heteroatoms. The summed E-state index contributed by atoms with van der Waals surface area (Å²) in [7, 11) is -9.33. The van der Waals surface area contributed by atoms with Crippen LogP contribution in [-0.2, 0) is 49.6 Å². The second-order valence-electron chi connectivity index (χ2n) is 9.58. The van der Waals surface area contributed by atoms with Crippen molar-refractivity contribution in [3.05, 3.63) is 86.9 Å². The lowest BCUT2D eigenvalue weighted by Gasteiger charge is -2.15. The average molecular weight is 813 g/mol. The molecule has 10 N–H and O–H groups in total.